The summed E-state index contributed by atoms with van der Waals surface area (Å²) >= 11 is 18.7. The summed E-state index contributed by atoms with van der Waals surface area (Å²) in [7, 11) is 0. The Bertz CT molecular complexity index is 1700. The van der Waals surface area contributed by atoms with Gasteiger partial charge in [-0.15, -0.1) is 0 Å². The first-order chi connectivity index (χ1) is 19.3. The van der Waals surface area contributed by atoms with Crippen LogP contribution in [0.5, 0.6) is 5.75 Å². The van der Waals surface area contributed by atoms with Crippen molar-refractivity contribution in [3.8, 4) is 22.7 Å². The predicted molar refractivity (Wildman–Crippen MR) is 156 cm³/mol. The molecule has 3 aromatic carbocycles. The molecule has 5 rings (SSSR count). The molecule has 5 aromatic rings. The van der Waals surface area contributed by atoms with Crippen LogP contribution < -0.4 is 10.1 Å². The Balaban J connectivity index is 1.44. The van der Waals surface area contributed by atoms with Gasteiger partial charge in [0, 0.05) is 39.5 Å². The zero-order chi connectivity index (χ0) is 28.2. The normalized spacial score (nSPS) is 10.8. The molecule has 2 heterocycles. The first-order valence-corrected chi connectivity index (χ1v) is 13.2. The van der Waals surface area contributed by atoms with Gasteiger partial charge >= 0.3 is 5.97 Å². The summed E-state index contributed by atoms with van der Waals surface area (Å²) < 4.78 is 7.17. The van der Waals surface area contributed by atoms with Crippen molar-refractivity contribution in [3.05, 3.63) is 129 Å². The fourth-order valence-corrected chi connectivity index (χ4v) is 4.74. The van der Waals surface area contributed by atoms with Crippen LogP contribution in [0.4, 0.5) is 0 Å². The molecule has 0 aliphatic heterocycles. The maximum atomic E-state index is 13.4. The van der Waals surface area contributed by atoms with Crippen molar-refractivity contribution >= 4 is 46.7 Å². The van der Waals surface area contributed by atoms with Crippen molar-refractivity contribution < 1.29 is 14.3 Å². The van der Waals surface area contributed by atoms with Crippen LogP contribution in [-0.2, 0) is 6.54 Å². The zero-order valence-electron chi connectivity index (χ0n) is 21.1. The number of benzene rings is 3. The molecule has 40 heavy (non-hydrogen) atoms. The van der Waals surface area contributed by atoms with Crippen LogP contribution in [0.3, 0.4) is 0 Å². The summed E-state index contributed by atoms with van der Waals surface area (Å²) in [6.07, 6.45) is 2.99. The van der Waals surface area contributed by atoms with Crippen LogP contribution in [0.15, 0.2) is 91.3 Å². The Morgan fingerprint density at radius 3 is 2.38 bits per heavy atom. The summed E-state index contributed by atoms with van der Waals surface area (Å²) in [6, 6.07) is 22.6. The average Bonchev–Trinajstić information content (AvgIpc) is 3.30. The van der Waals surface area contributed by atoms with Crippen LogP contribution in [0.1, 0.15) is 32.0 Å². The van der Waals surface area contributed by atoms with Gasteiger partial charge in [-0.3, -0.25) is 9.78 Å². The number of nitrogens with one attached hydrogen (secondary N) is 1. The number of hydrogen-bond donors (Lipinski definition) is 1. The first-order valence-electron chi connectivity index (χ1n) is 12.1. The molecule has 1 N–H and O–H groups in total. The molecular formula is C30H21Cl3N4O3. The predicted octanol–water partition coefficient (Wildman–Crippen LogP) is 7.35. The number of nitrogens with zero attached hydrogens (tertiary/aromatic N) is 3. The summed E-state index contributed by atoms with van der Waals surface area (Å²) in [6.45, 7) is 1.88. The molecule has 7 nitrogen and oxygen atoms in total. The van der Waals surface area contributed by atoms with E-state index < -0.39 is 11.9 Å². The quantitative estimate of drug-likeness (QED) is 0.200. The number of pyridine rings is 1. The highest BCUT2D eigenvalue weighted by molar-refractivity contribution is 6.35. The van der Waals surface area contributed by atoms with E-state index in [1.54, 1.807) is 71.5 Å². The SMILES string of the molecule is Cc1c(C(=O)NCc2ccncc2OC(=O)c2ccccc2)nn(-c2ccc(Cl)cc2Cl)c1-c1ccc(Cl)cc1. The summed E-state index contributed by atoms with van der Waals surface area (Å²) in [5.41, 5.74) is 3.84. The van der Waals surface area contributed by atoms with Gasteiger partial charge in [0.15, 0.2) is 11.4 Å². The van der Waals surface area contributed by atoms with Crippen LogP contribution in [0.2, 0.25) is 15.1 Å². The fraction of sp³-hybridized carbons (Fsp3) is 0.0667. The van der Waals surface area contributed by atoms with E-state index in [2.05, 4.69) is 15.4 Å². The third kappa shape index (κ3) is 5.87. The Labute approximate surface area is 245 Å². The molecule has 0 radical (unpaired) electrons. The molecule has 10 heteroatoms. The van der Waals surface area contributed by atoms with Crippen molar-refractivity contribution in [1.82, 2.24) is 20.1 Å². The standard InChI is InChI=1S/C30H21Cl3N4O3/c1-18-27(29(38)35-16-21-13-14-34-17-26(21)40-30(39)20-5-3-2-4-6-20)36-37(25-12-11-23(32)15-24(25)33)28(18)19-7-9-22(31)10-8-19/h2-15,17H,16H2,1H3,(H,35,38). The first kappa shape index (κ1) is 27.4. The number of aromatic nitrogens is 3. The molecule has 200 valence electrons. The van der Waals surface area contributed by atoms with Crippen molar-refractivity contribution in [2.75, 3.05) is 0 Å². The molecule has 0 unspecified atom stereocenters. The van der Waals surface area contributed by atoms with Gasteiger partial charge in [-0.05, 0) is 55.5 Å². The van der Waals surface area contributed by atoms with Gasteiger partial charge in [0.2, 0.25) is 0 Å². The maximum absolute atomic E-state index is 13.4. The van der Waals surface area contributed by atoms with Crippen LogP contribution in [-0.4, -0.2) is 26.6 Å². The lowest BCUT2D eigenvalue weighted by Crippen LogP contribution is -2.24. The van der Waals surface area contributed by atoms with Crippen LogP contribution in [0.25, 0.3) is 16.9 Å². The summed E-state index contributed by atoms with van der Waals surface area (Å²) in [4.78, 5) is 30.1. The zero-order valence-corrected chi connectivity index (χ0v) is 23.3. The van der Waals surface area contributed by atoms with Gasteiger partial charge in [0.05, 0.1) is 28.2 Å². The monoisotopic (exact) mass is 590 g/mol. The van der Waals surface area contributed by atoms with E-state index in [1.165, 1.54) is 6.20 Å². The van der Waals surface area contributed by atoms with Crippen molar-refractivity contribution in [2.45, 2.75) is 13.5 Å². The number of esters is 1. The maximum Gasteiger partial charge on any atom is 0.343 e. The lowest BCUT2D eigenvalue weighted by Gasteiger charge is -2.11. The number of carbonyl (C=O) groups is 2. The van der Waals surface area contributed by atoms with Gasteiger partial charge in [-0.2, -0.15) is 5.10 Å². The van der Waals surface area contributed by atoms with Gasteiger partial charge in [0.1, 0.15) is 0 Å². The molecule has 1 amide bonds. The number of amides is 1. The number of ether oxygens (including phenoxy) is 1. The van der Waals surface area contributed by atoms with Crippen molar-refractivity contribution in [2.24, 2.45) is 0 Å². The highest BCUT2D eigenvalue weighted by Gasteiger charge is 2.23. The van der Waals surface area contributed by atoms with Gasteiger partial charge in [0.25, 0.3) is 5.91 Å². The highest BCUT2D eigenvalue weighted by Crippen LogP contribution is 2.33. The second-order valence-corrected chi connectivity index (χ2v) is 10.0. The van der Waals surface area contributed by atoms with E-state index in [4.69, 9.17) is 39.5 Å². The lowest BCUT2D eigenvalue weighted by atomic mass is 10.1. The third-order valence-electron chi connectivity index (χ3n) is 6.11. The smallest absolute Gasteiger partial charge is 0.343 e. The Kier molecular flexibility index (Phi) is 8.16. The van der Waals surface area contributed by atoms with Gasteiger partial charge < -0.3 is 10.1 Å². The minimum Gasteiger partial charge on any atom is -0.421 e. The molecule has 0 bridgehead atoms. The molecule has 2 aromatic heterocycles. The molecule has 0 fully saturated rings. The van der Waals surface area contributed by atoms with Gasteiger partial charge in [-0.1, -0.05) is 65.1 Å². The highest BCUT2D eigenvalue weighted by atomic mass is 35.5. The van der Waals surface area contributed by atoms with E-state index in [1.807, 2.05) is 25.1 Å². The molecule has 0 atom stereocenters. The third-order valence-corrected chi connectivity index (χ3v) is 6.90. The Hall–Kier alpha value is -4.17. The van der Waals surface area contributed by atoms with Crippen LogP contribution in [0, 0.1) is 6.92 Å². The average molecular weight is 592 g/mol. The fourth-order valence-electron chi connectivity index (χ4n) is 4.12. The number of rotatable bonds is 7. The van der Waals surface area contributed by atoms with Gasteiger partial charge in [-0.25, -0.2) is 9.48 Å². The molecule has 0 saturated heterocycles. The minimum atomic E-state index is -0.525. The Morgan fingerprint density at radius 1 is 0.925 bits per heavy atom. The molecular weight excluding hydrogens is 571 g/mol. The van der Waals surface area contributed by atoms with E-state index in [-0.39, 0.29) is 18.0 Å². The minimum absolute atomic E-state index is 0.0725. The Morgan fingerprint density at radius 2 is 1.65 bits per heavy atom. The van der Waals surface area contributed by atoms with Crippen molar-refractivity contribution in [1.29, 1.82) is 0 Å². The molecule has 0 aliphatic carbocycles. The van der Waals surface area contributed by atoms with E-state index >= 15 is 0 Å². The van der Waals surface area contributed by atoms with E-state index in [0.29, 0.717) is 43.1 Å². The van der Waals surface area contributed by atoms with E-state index in [0.717, 1.165) is 5.56 Å². The second-order valence-electron chi connectivity index (χ2n) is 8.76. The number of halogens is 3. The topological polar surface area (TPSA) is 86.1 Å². The number of carbonyl (C=O) groups excluding carboxylic acids is 2. The van der Waals surface area contributed by atoms with E-state index in [9.17, 15) is 9.59 Å². The summed E-state index contributed by atoms with van der Waals surface area (Å²) in [5.74, 6) is -0.703. The lowest BCUT2D eigenvalue weighted by molar-refractivity contribution is 0.0732. The molecule has 0 spiro atoms. The molecule has 0 saturated carbocycles. The second kappa shape index (κ2) is 11.9. The van der Waals surface area contributed by atoms with Crippen molar-refractivity contribution in [3.63, 3.8) is 0 Å². The molecule has 0 aliphatic rings. The summed E-state index contributed by atoms with van der Waals surface area (Å²) in [5, 5.41) is 8.95. The number of hydrogen-bond acceptors (Lipinski definition) is 5. The largest absolute Gasteiger partial charge is 0.421 e. The van der Waals surface area contributed by atoms with Crippen LogP contribution >= 0.6 is 34.8 Å².